The van der Waals surface area contributed by atoms with E-state index in [1.54, 1.807) is 6.07 Å². The molecule has 3 nitrogen and oxygen atoms in total. The van der Waals surface area contributed by atoms with Crippen molar-refractivity contribution in [2.24, 2.45) is 0 Å². The maximum absolute atomic E-state index is 12.2. The fourth-order valence-corrected chi connectivity index (χ4v) is 2.63. The van der Waals surface area contributed by atoms with Gasteiger partial charge < -0.3 is 10.1 Å². The number of halogens is 3. The van der Waals surface area contributed by atoms with Gasteiger partial charge in [0.05, 0.1) is 6.04 Å². The number of ether oxygens (including phenoxy) is 1. The molecule has 0 saturated heterocycles. The van der Waals surface area contributed by atoms with Crippen molar-refractivity contribution in [2.45, 2.75) is 19.6 Å². The number of alkyl halides is 2. The molecular weight excluding hydrogens is 356 g/mol. The zero-order valence-electron chi connectivity index (χ0n) is 11.7. The smallest absolute Gasteiger partial charge is 0.387 e. The second-order valence-electron chi connectivity index (χ2n) is 4.62. The molecule has 2 aromatic carbocycles. The van der Waals surface area contributed by atoms with Gasteiger partial charge in [-0.15, -0.1) is 0 Å². The van der Waals surface area contributed by atoms with Crippen LogP contribution in [0.5, 0.6) is 5.75 Å². The van der Waals surface area contributed by atoms with Gasteiger partial charge in [-0.3, -0.25) is 4.79 Å². The van der Waals surface area contributed by atoms with Crippen molar-refractivity contribution in [2.75, 3.05) is 0 Å². The number of benzene rings is 2. The molecule has 0 radical (unpaired) electrons. The molecule has 0 bridgehead atoms. The van der Waals surface area contributed by atoms with E-state index in [2.05, 4.69) is 26.0 Å². The van der Waals surface area contributed by atoms with Gasteiger partial charge in [0.1, 0.15) is 5.75 Å². The van der Waals surface area contributed by atoms with Crippen LogP contribution in [0.1, 0.15) is 28.9 Å². The average Bonchev–Trinajstić information content (AvgIpc) is 2.47. The van der Waals surface area contributed by atoms with Crippen LogP contribution in [-0.4, -0.2) is 12.5 Å². The van der Waals surface area contributed by atoms with Gasteiger partial charge >= 0.3 is 6.61 Å². The van der Waals surface area contributed by atoms with Gasteiger partial charge in [-0.25, -0.2) is 0 Å². The molecule has 0 aliphatic heterocycles. The summed E-state index contributed by atoms with van der Waals surface area (Å²) >= 11 is 3.43. The average molecular weight is 370 g/mol. The van der Waals surface area contributed by atoms with Crippen LogP contribution in [0.4, 0.5) is 8.78 Å². The number of rotatable bonds is 5. The molecule has 1 amide bonds. The fourth-order valence-electron chi connectivity index (χ4n) is 2.00. The third kappa shape index (κ3) is 4.27. The van der Waals surface area contributed by atoms with Crippen LogP contribution >= 0.6 is 15.9 Å². The molecule has 2 aromatic rings. The third-order valence-electron chi connectivity index (χ3n) is 3.04. The lowest BCUT2D eigenvalue weighted by atomic mass is 10.1. The molecule has 1 N–H and O–H groups in total. The van der Waals surface area contributed by atoms with Crippen molar-refractivity contribution in [3.63, 3.8) is 0 Å². The standard InChI is InChI=1S/C16H14BrF2NO2/c1-10(13-7-2-3-8-14(13)17)20-15(21)11-5-4-6-12(9-11)22-16(18)19/h2-10,16H,1H3,(H,20,21). The first-order valence-electron chi connectivity index (χ1n) is 6.57. The lowest BCUT2D eigenvalue weighted by Gasteiger charge is -2.16. The Morgan fingerprint density at radius 1 is 1.18 bits per heavy atom. The minimum Gasteiger partial charge on any atom is -0.435 e. The lowest BCUT2D eigenvalue weighted by Crippen LogP contribution is -2.26. The SMILES string of the molecule is CC(NC(=O)c1cccc(OC(F)F)c1)c1ccccc1Br. The van der Waals surface area contributed by atoms with Crippen molar-refractivity contribution in [1.29, 1.82) is 0 Å². The Hall–Kier alpha value is -1.95. The highest BCUT2D eigenvalue weighted by Gasteiger charge is 2.14. The molecule has 0 saturated carbocycles. The quantitative estimate of drug-likeness (QED) is 0.839. The van der Waals surface area contributed by atoms with Gasteiger partial charge in [-0.05, 0) is 36.8 Å². The summed E-state index contributed by atoms with van der Waals surface area (Å²) in [6.45, 7) is -1.07. The van der Waals surface area contributed by atoms with Gasteiger partial charge in [0.2, 0.25) is 0 Å². The van der Waals surface area contributed by atoms with Crippen LogP contribution < -0.4 is 10.1 Å². The first-order chi connectivity index (χ1) is 10.5. The number of carbonyl (C=O) groups is 1. The molecule has 0 fully saturated rings. The van der Waals surface area contributed by atoms with Crippen molar-refractivity contribution in [3.05, 3.63) is 64.1 Å². The molecule has 0 aliphatic rings. The number of hydrogen-bond acceptors (Lipinski definition) is 2. The van der Waals surface area contributed by atoms with E-state index in [1.807, 2.05) is 31.2 Å². The van der Waals surface area contributed by atoms with Crippen LogP contribution in [0.2, 0.25) is 0 Å². The van der Waals surface area contributed by atoms with E-state index in [0.717, 1.165) is 10.0 Å². The molecule has 1 atom stereocenters. The van der Waals surface area contributed by atoms with Gasteiger partial charge in [0.25, 0.3) is 5.91 Å². The maximum atomic E-state index is 12.2. The molecule has 0 heterocycles. The largest absolute Gasteiger partial charge is 0.435 e. The first kappa shape index (κ1) is 16.4. The van der Waals surface area contributed by atoms with Crippen LogP contribution in [0.15, 0.2) is 53.0 Å². The van der Waals surface area contributed by atoms with Crippen molar-refractivity contribution < 1.29 is 18.3 Å². The summed E-state index contributed by atoms with van der Waals surface area (Å²) in [6, 6.07) is 13.0. The molecule has 1 unspecified atom stereocenters. The van der Waals surface area contributed by atoms with Gasteiger partial charge in [0.15, 0.2) is 0 Å². The zero-order valence-corrected chi connectivity index (χ0v) is 13.3. The molecule has 116 valence electrons. The second kappa shape index (κ2) is 7.35. The van der Waals surface area contributed by atoms with Crippen molar-refractivity contribution >= 4 is 21.8 Å². The predicted octanol–water partition coefficient (Wildman–Crippen LogP) is 4.54. The van der Waals surface area contributed by atoms with Crippen LogP contribution in [-0.2, 0) is 0 Å². The Kier molecular flexibility index (Phi) is 5.49. The summed E-state index contributed by atoms with van der Waals surface area (Å²) in [4.78, 5) is 12.2. The van der Waals surface area contributed by atoms with Crippen molar-refractivity contribution in [3.8, 4) is 5.75 Å². The molecular formula is C16H14BrF2NO2. The van der Waals surface area contributed by atoms with E-state index in [9.17, 15) is 13.6 Å². The normalized spacial score (nSPS) is 12.0. The van der Waals surface area contributed by atoms with Crippen LogP contribution in [0.25, 0.3) is 0 Å². The van der Waals surface area contributed by atoms with E-state index in [4.69, 9.17) is 0 Å². The number of nitrogens with one attached hydrogen (secondary N) is 1. The second-order valence-corrected chi connectivity index (χ2v) is 5.48. The summed E-state index contributed by atoms with van der Waals surface area (Å²) in [5.41, 5.74) is 1.19. The fraction of sp³-hybridized carbons (Fsp3) is 0.188. The van der Waals surface area contributed by atoms with Crippen LogP contribution in [0, 0.1) is 0 Å². The minimum atomic E-state index is -2.92. The predicted molar refractivity (Wildman–Crippen MR) is 83.1 cm³/mol. The highest BCUT2D eigenvalue weighted by atomic mass is 79.9. The van der Waals surface area contributed by atoms with Gasteiger partial charge in [-0.2, -0.15) is 8.78 Å². The summed E-state index contributed by atoms with van der Waals surface area (Å²) < 4.78 is 29.6. The Balaban J connectivity index is 2.10. The lowest BCUT2D eigenvalue weighted by molar-refractivity contribution is -0.0498. The van der Waals surface area contributed by atoms with E-state index in [-0.39, 0.29) is 23.3 Å². The molecule has 0 aliphatic carbocycles. The highest BCUT2D eigenvalue weighted by molar-refractivity contribution is 9.10. The Morgan fingerprint density at radius 3 is 2.59 bits per heavy atom. The molecule has 0 aromatic heterocycles. The van der Waals surface area contributed by atoms with Gasteiger partial charge in [-0.1, -0.05) is 40.2 Å². The Bertz CT molecular complexity index is 664. The summed E-state index contributed by atoms with van der Waals surface area (Å²) in [5.74, 6) is -0.404. The number of amides is 1. The molecule has 6 heteroatoms. The molecule has 2 rings (SSSR count). The van der Waals surface area contributed by atoms with Gasteiger partial charge in [0, 0.05) is 10.0 Å². The molecule has 0 spiro atoms. The van der Waals surface area contributed by atoms with Crippen LogP contribution in [0.3, 0.4) is 0 Å². The van der Waals surface area contributed by atoms with E-state index in [1.165, 1.54) is 18.2 Å². The first-order valence-corrected chi connectivity index (χ1v) is 7.37. The van der Waals surface area contributed by atoms with E-state index in [0.29, 0.717) is 0 Å². The number of carbonyl (C=O) groups excluding carboxylic acids is 1. The summed E-state index contributed by atoms with van der Waals surface area (Å²) in [7, 11) is 0. The summed E-state index contributed by atoms with van der Waals surface area (Å²) in [5, 5.41) is 2.82. The summed E-state index contributed by atoms with van der Waals surface area (Å²) in [6.07, 6.45) is 0. The third-order valence-corrected chi connectivity index (χ3v) is 3.76. The topological polar surface area (TPSA) is 38.3 Å². The Labute approximate surface area is 135 Å². The van der Waals surface area contributed by atoms with E-state index >= 15 is 0 Å². The monoisotopic (exact) mass is 369 g/mol. The number of hydrogen-bond donors (Lipinski definition) is 1. The molecule has 22 heavy (non-hydrogen) atoms. The maximum Gasteiger partial charge on any atom is 0.387 e. The zero-order chi connectivity index (χ0) is 16.1. The highest BCUT2D eigenvalue weighted by Crippen LogP contribution is 2.23. The minimum absolute atomic E-state index is 0.0452. The Morgan fingerprint density at radius 2 is 1.91 bits per heavy atom. The van der Waals surface area contributed by atoms with Crippen molar-refractivity contribution in [1.82, 2.24) is 5.32 Å². The van der Waals surface area contributed by atoms with E-state index < -0.39 is 6.61 Å².